The minimum absolute atomic E-state index is 0.0137. The van der Waals surface area contributed by atoms with Crippen LogP contribution in [0.25, 0.3) is 0 Å². The highest BCUT2D eigenvalue weighted by atomic mass is 32.2. The van der Waals surface area contributed by atoms with Crippen molar-refractivity contribution in [2.45, 2.75) is 26.3 Å². The van der Waals surface area contributed by atoms with Crippen LogP contribution in [0.1, 0.15) is 41.3 Å². The molecule has 0 saturated carbocycles. The fraction of sp³-hybridized carbons (Fsp3) is 0.381. The van der Waals surface area contributed by atoms with E-state index in [0.29, 0.717) is 38.5 Å². The second-order valence-corrected chi connectivity index (χ2v) is 8.87. The number of anilines is 1. The number of para-hydroxylation sites is 1. The molecule has 0 unspecified atom stereocenters. The number of nitrogens with one attached hydrogen (secondary N) is 2. The van der Waals surface area contributed by atoms with Gasteiger partial charge in [0.05, 0.1) is 30.5 Å². The van der Waals surface area contributed by atoms with Crippen LogP contribution in [-0.4, -0.2) is 62.3 Å². The Balaban J connectivity index is 1.57. The third-order valence-electron chi connectivity index (χ3n) is 5.28. The van der Waals surface area contributed by atoms with E-state index in [1.165, 1.54) is 12.1 Å². The van der Waals surface area contributed by atoms with Gasteiger partial charge in [-0.3, -0.25) is 4.79 Å². The maximum Gasteiger partial charge on any atom is 0.367 e. The van der Waals surface area contributed by atoms with Crippen molar-refractivity contribution in [3.05, 3.63) is 47.4 Å². The Bertz CT molecular complexity index is 1210. The number of furan rings is 1. The summed E-state index contributed by atoms with van der Waals surface area (Å²) in [6, 6.07) is 7.88. The maximum atomic E-state index is 12.8. The number of morpholine rings is 1. The fourth-order valence-corrected chi connectivity index (χ4v) is 4.35. The zero-order valence-corrected chi connectivity index (χ0v) is 19.1. The van der Waals surface area contributed by atoms with Gasteiger partial charge >= 0.3 is 10.2 Å². The minimum Gasteiger partial charge on any atom is -0.505 e. The van der Waals surface area contributed by atoms with Crippen molar-refractivity contribution in [3.63, 3.8) is 0 Å². The number of amidine groups is 2. The summed E-state index contributed by atoms with van der Waals surface area (Å²) in [6.45, 7) is 5.43. The van der Waals surface area contributed by atoms with Gasteiger partial charge in [-0.15, -0.1) is 8.80 Å². The van der Waals surface area contributed by atoms with Crippen molar-refractivity contribution >= 4 is 33.5 Å². The molecule has 1 saturated heterocycles. The van der Waals surface area contributed by atoms with Gasteiger partial charge in [0.2, 0.25) is 0 Å². The van der Waals surface area contributed by atoms with Crippen molar-refractivity contribution in [3.8, 4) is 5.75 Å². The van der Waals surface area contributed by atoms with Crippen LogP contribution >= 0.6 is 0 Å². The Labute approximate surface area is 191 Å². The van der Waals surface area contributed by atoms with Gasteiger partial charge in [-0.05, 0) is 37.6 Å². The third-order valence-corrected chi connectivity index (χ3v) is 6.11. The number of aromatic hydroxyl groups is 1. The third kappa shape index (κ3) is 5.01. The molecule has 3 heterocycles. The molecule has 1 aromatic carbocycles. The molecule has 0 bridgehead atoms. The summed E-state index contributed by atoms with van der Waals surface area (Å²) in [5.41, 5.74) is 0.216. The molecule has 4 rings (SSSR count). The normalized spacial score (nSPS) is 18.4. The Morgan fingerprint density at radius 3 is 2.58 bits per heavy atom. The predicted molar refractivity (Wildman–Crippen MR) is 122 cm³/mol. The second-order valence-electron chi connectivity index (χ2n) is 7.61. The van der Waals surface area contributed by atoms with Crippen LogP contribution in [0.4, 0.5) is 5.69 Å². The summed E-state index contributed by atoms with van der Waals surface area (Å²) >= 11 is 0. The summed E-state index contributed by atoms with van der Waals surface area (Å²) in [5, 5.41) is 16.6. The van der Waals surface area contributed by atoms with Gasteiger partial charge in [-0.25, -0.2) is 0 Å². The molecule has 1 atom stereocenters. The Morgan fingerprint density at radius 2 is 1.91 bits per heavy atom. The molecule has 33 heavy (non-hydrogen) atoms. The summed E-state index contributed by atoms with van der Waals surface area (Å²) in [4.78, 5) is 14.4. The number of nitrogens with zero attached hydrogens (tertiary/aromatic N) is 3. The number of phenols is 1. The standard InChI is InChI=1S/C21H25N5O6S/c1-3-15(17-8-7-13(2)32-17)22-19-20(25-33(29,30)24-19)23-16-6-4-5-14(18(16)27)21(28)26-9-11-31-12-10-26/h4-8,15,27H,3,9-12H2,1-2H3,(H,22,24)(H,23,25)/t15-/m1/s1. The smallest absolute Gasteiger partial charge is 0.367 e. The van der Waals surface area contributed by atoms with Gasteiger partial charge in [0, 0.05) is 13.1 Å². The van der Waals surface area contributed by atoms with Crippen LogP contribution in [0.3, 0.4) is 0 Å². The molecule has 0 aliphatic carbocycles. The number of carbonyl (C=O) groups excluding carboxylic acids is 1. The highest BCUT2D eigenvalue weighted by Gasteiger charge is 2.29. The fourth-order valence-electron chi connectivity index (χ4n) is 3.58. The molecule has 1 amide bonds. The van der Waals surface area contributed by atoms with Crippen molar-refractivity contribution in [1.29, 1.82) is 0 Å². The number of ether oxygens (including phenoxy) is 1. The molecule has 3 N–H and O–H groups in total. The Kier molecular flexibility index (Phi) is 6.38. The van der Waals surface area contributed by atoms with Crippen LogP contribution in [-0.2, 0) is 14.9 Å². The SMILES string of the molecule is CC[C@@H](NC1=NS(=O)(=O)N=C1Nc1cccc(C(=O)N2CCOCC2)c1O)c1ccc(C)o1. The molecule has 12 heteroatoms. The molecular weight excluding hydrogens is 450 g/mol. The lowest BCUT2D eigenvalue weighted by Crippen LogP contribution is -2.40. The van der Waals surface area contributed by atoms with Gasteiger partial charge in [0.15, 0.2) is 17.4 Å². The molecule has 2 aliphatic heterocycles. The summed E-state index contributed by atoms with van der Waals surface area (Å²) in [6.07, 6.45) is 0.591. The topological polar surface area (TPSA) is 146 Å². The Morgan fingerprint density at radius 1 is 1.18 bits per heavy atom. The van der Waals surface area contributed by atoms with E-state index >= 15 is 0 Å². The molecule has 11 nitrogen and oxygen atoms in total. The number of benzene rings is 1. The lowest BCUT2D eigenvalue weighted by atomic mass is 10.1. The summed E-state index contributed by atoms with van der Waals surface area (Å²) in [5.74, 6) is 0.594. The van der Waals surface area contributed by atoms with Crippen LogP contribution in [0.5, 0.6) is 5.75 Å². The van der Waals surface area contributed by atoms with Crippen LogP contribution in [0, 0.1) is 6.92 Å². The van der Waals surface area contributed by atoms with E-state index < -0.39 is 10.2 Å². The lowest BCUT2D eigenvalue weighted by molar-refractivity contribution is 0.0301. The van der Waals surface area contributed by atoms with E-state index in [1.54, 1.807) is 17.0 Å². The first-order valence-corrected chi connectivity index (χ1v) is 11.9. The number of phenolic OH excluding ortho intramolecular Hbond substituents is 1. The van der Waals surface area contributed by atoms with E-state index in [0.717, 1.165) is 5.76 Å². The molecule has 0 spiro atoms. The van der Waals surface area contributed by atoms with Crippen molar-refractivity contribution in [2.75, 3.05) is 31.6 Å². The van der Waals surface area contributed by atoms with Crippen LogP contribution in [0.2, 0.25) is 0 Å². The maximum absolute atomic E-state index is 12.8. The highest BCUT2D eigenvalue weighted by molar-refractivity contribution is 7.89. The molecule has 1 aromatic heterocycles. The number of amides is 1. The number of hydrogen-bond donors (Lipinski definition) is 3. The summed E-state index contributed by atoms with van der Waals surface area (Å²) in [7, 11) is -4.10. The zero-order valence-electron chi connectivity index (χ0n) is 18.2. The van der Waals surface area contributed by atoms with E-state index in [2.05, 4.69) is 19.4 Å². The predicted octanol–water partition coefficient (Wildman–Crippen LogP) is 1.97. The van der Waals surface area contributed by atoms with Crippen molar-refractivity contribution in [2.24, 2.45) is 8.80 Å². The number of aryl methyl sites for hydroxylation is 1. The summed E-state index contributed by atoms with van der Waals surface area (Å²) < 4.78 is 42.5. The average Bonchev–Trinajstić information content (AvgIpc) is 3.35. The first-order valence-electron chi connectivity index (χ1n) is 10.5. The van der Waals surface area contributed by atoms with E-state index in [4.69, 9.17) is 9.15 Å². The zero-order chi connectivity index (χ0) is 23.6. The largest absolute Gasteiger partial charge is 0.505 e. The molecule has 0 radical (unpaired) electrons. The van der Waals surface area contributed by atoms with E-state index in [1.807, 2.05) is 19.9 Å². The number of rotatable bonds is 5. The first-order chi connectivity index (χ1) is 15.8. The van der Waals surface area contributed by atoms with Gasteiger partial charge in [0.25, 0.3) is 5.91 Å². The van der Waals surface area contributed by atoms with Crippen molar-refractivity contribution < 1.29 is 27.5 Å². The minimum atomic E-state index is -4.10. The number of carbonyl (C=O) groups is 1. The quantitative estimate of drug-likeness (QED) is 0.557. The van der Waals surface area contributed by atoms with E-state index in [-0.39, 0.29) is 40.6 Å². The van der Waals surface area contributed by atoms with Gasteiger partial charge < -0.3 is 29.8 Å². The molecular formula is C21H25N5O6S. The van der Waals surface area contributed by atoms with Gasteiger partial charge in [0.1, 0.15) is 11.5 Å². The van der Waals surface area contributed by atoms with Gasteiger partial charge in [-0.2, -0.15) is 8.42 Å². The second kappa shape index (κ2) is 9.24. The number of hydrogen-bond acceptors (Lipinski definition) is 8. The molecule has 2 aliphatic rings. The van der Waals surface area contributed by atoms with Crippen LogP contribution in [0.15, 0.2) is 43.5 Å². The molecule has 2 aromatic rings. The van der Waals surface area contributed by atoms with E-state index in [9.17, 15) is 18.3 Å². The highest BCUT2D eigenvalue weighted by Crippen LogP contribution is 2.30. The monoisotopic (exact) mass is 475 g/mol. The lowest BCUT2D eigenvalue weighted by Gasteiger charge is -2.27. The average molecular weight is 476 g/mol. The van der Waals surface area contributed by atoms with Gasteiger partial charge in [-0.1, -0.05) is 13.0 Å². The molecule has 176 valence electrons. The first kappa shape index (κ1) is 22.8. The molecule has 1 fully saturated rings. The Hall–Kier alpha value is -3.38. The van der Waals surface area contributed by atoms with Crippen LogP contribution < -0.4 is 10.6 Å². The van der Waals surface area contributed by atoms with Crippen molar-refractivity contribution in [1.82, 2.24) is 10.2 Å².